The molecule has 6 heteroatoms. The maximum absolute atomic E-state index is 5.98. The summed E-state index contributed by atoms with van der Waals surface area (Å²) in [7, 11) is 0. The number of hydrogen-bond donors (Lipinski definition) is 1. The molecule has 2 N–H and O–H groups in total. The van der Waals surface area contributed by atoms with Crippen molar-refractivity contribution in [1.29, 1.82) is 0 Å². The van der Waals surface area contributed by atoms with E-state index in [9.17, 15) is 0 Å². The summed E-state index contributed by atoms with van der Waals surface area (Å²) in [6, 6.07) is 6.20. The molecule has 1 saturated heterocycles. The van der Waals surface area contributed by atoms with Crippen LogP contribution in [0.5, 0.6) is 0 Å². The topological polar surface area (TPSA) is 60.0 Å². The zero-order valence-electron chi connectivity index (χ0n) is 12.5. The van der Waals surface area contributed by atoms with Gasteiger partial charge >= 0.3 is 0 Å². The van der Waals surface area contributed by atoms with Gasteiger partial charge in [-0.25, -0.2) is 9.67 Å². The Morgan fingerprint density at radius 1 is 1.33 bits per heavy atom. The average molecular weight is 308 g/mol. The molecule has 1 fully saturated rings. The molecular weight excluding hydrogens is 286 g/mol. The third kappa shape index (κ3) is 3.26. The Labute approximate surface area is 131 Å². The van der Waals surface area contributed by atoms with Gasteiger partial charge in [0.1, 0.15) is 0 Å². The lowest BCUT2D eigenvalue weighted by atomic mass is 10.2. The average Bonchev–Trinajstić information content (AvgIpc) is 2.98. The maximum atomic E-state index is 5.98. The van der Waals surface area contributed by atoms with E-state index in [1.165, 1.54) is 11.3 Å². The van der Waals surface area contributed by atoms with E-state index in [2.05, 4.69) is 28.8 Å². The number of likely N-dealkylation sites (tertiary alicyclic amines) is 1. The van der Waals surface area contributed by atoms with Gasteiger partial charge in [-0.1, -0.05) is 6.07 Å². The minimum Gasteiger partial charge on any atom is -0.326 e. The van der Waals surface area contributed by atoms with Crippen molar-refractivity contribution in [2.75, 3.05) is 13.1 Å². The quantitative estimate of drug-likeness (QED) is 0.940. The van der Waals surface area contributed by atoms with Gasteiger partial charge in [-0.05, 0) is 32.4 Å². The van der Waals surface area contributed by atoms with Crippen LogP contribution in [0.2, 0.25) is 0 Å². The van der Waals surface area contributed by atoms with Crippen molar-refractivity contribution in [2.45, 2.75) is 32.9 Å². The molecule has 0 unspecified atom stereocenters. The zero-order chi connectivity index (χ0) is 14.1. The van der Waals surface area contributed by atoms with E-state index in [-0.39, 0.29) is 12.4 Å². The largest absolute Gasteiger partial charge is 0.326 e. The molecule has 0 amide bonds. The van der Waals surface area contributed by atoms with Crippen LogP contribution in [0.25, 0.3) is 5.82 Å². The third-order valence-electron chi connectivity index (χ3n) is 4.00. The molecule has 21 heavy (non-hydrogen) atoms. The SMILES string of the molecule is Cc1nn(-c2ccccn2)c(C)c1CN1CC[C@H](N)C1.Cl. The van der Waals surface area contributed by atoms with Crippen LogP contribution in [0.3, 0.4) is 0 Å². The van der Waals surface area contributed by atoms with Gasteiger partial charge in [-0.2, -0.15) is 5.10 Å². The molecule has 0 radical (unpaired) electrons. The predicted octanol–water partition coefficient (Wildman–Crippen LogP) is 1.84. The minimum atomic E-state index is 0. The fraction of sp³-hybridized carbons (Fsp3) is 0.467. The number of aromatic nitrogens is 3. The number of hydrogen-bond acceptors (Lipinski definition) is 4. The number of nitrogens with zero attached hydrogens (tertiary/aromatic N) is 4. The highest BCUT2D eigenvalue weighted by Gasteiger charge is 2.22. The van der Waals surface area contributed by atoms with E-state index in [0.29, 0.717) is 6.04 Å². The zero-order valence-corrected chi connectivity index (χ0v) is 13.3. The maximum Gasteiger partial charge on any atom is 0.153 e. The van der Waals surface area contributed by atoms with E-state index >= 15 is 0 Å². The number of aryl methyl sites for hydroxylation is 1. The molecular formula is C15H22ClN5. The van der Waals surface area contributed by atoms with Gasteiger partial charge in [0.2, 0.25) is 0 Å². The monoisotopic (exact) mass is 307 g/mol. The molecule has 0 bridgehead atoms. The molecule has 2 aromatic rings. The first-order valence-corrected chi connectivity index (χ1v) is 7.09. The summed E-state index contributed by atoms with van der Waals surface area (Å²) in [5.41, 5.74) is 9.52. The lowest BCUT2D eigenvalue weighted by Crippen LogP contribution is -2.26. The second-order valence-electron chi connectivity index (χ2n) is 5.53. The van der Waals surface area contributed by atoms with Crippen molar-refractivity contribution in [3.05, 3.63) is 41.3 Å². The van der Waals surface area contributed by atoms with Crippen LogP contribution in [0.1, 0.15) is 23.4 Å². The van der Waals surface area contributed by atoms with Crippen LogP contribution in [0.4, 0.5) is 0 Å². The predicted molar refractivity (Wildman–Crippen MR) is 86.0 cm³/mol. The Kier molecular flexibility index (Phi) is 4.98. The summed E-state index contributed by atoms with van der Waals surface area (Å²) in [4.78, 5) is 6.78. The van der Waals surface area contributed by atoms with Crippen LogP contribution in [0.15, 0.2) is 24.4 Å². The van der Waals surface area contributed by atoms with Crippen molar-refractivity contribution in [2.24, 2.45) is 5.73 Å². The van der Waals surface area contributed by atoms with E-state index in [0.717, 1.165) is 37.6 Å². The Morgan fingerprint density at radius 3 is 2.76 bits per heavy atom. The van der Waals surface area contributed by atoms with Crippen molar-refractivity contribution in [3.63, 3.8) is 0 Å². The van der Waals surface area contributed by atoms with Gasteiger partial charge in [0.15, 0.2) is 5.82 Å². The Hall–Kier alpha value is -1.43. The van der Waals surface area contributed by atoms with Crippen LogP contribution in [-0.2, 0) is 6.54 Å². The number of halogens is 1. The summed E-state index contributed by atoms with van der Waals surface area (Å²) in [5.74, 6) is 0.873. The van der Waals surface area contributed by atoms with Gasteiger partial charge in [0.05, 0.1) is 5.69 Å². The van der Waals surface area contributed by atoms with E-state index < -0.39 is 0 Å². The fourth-order valence-corrected chi connectivity index (χ4v) is 2.84. The second kappa shape index (κ2) is 6.56. The van der Waals surface area contributed by atoms with Crippen molar-refractivity contribution in [1.82, 2.24) is 19.7 Å². The Bertz CT molecular complexity index is 596. The van der Waals surface area contributed by atoms with Crippen LogP contribution in [0, 0.1) is 13.8 Å². The van der Waals surface area contributed by atoms with E-state index in [1.807, 2.05) is 22.9 Å². The molecule has 3 heterocycles. The van der Waals surface area contributed by atoms with Crippen LogP contribution in [-0.4, -0.2) is 38.8 Å². The number of pyridine rings is 1. The summed E-state index contributed by atoms with van der Waals surface area (Å²) in [6.45, 7) is 7.17. The van der Waals surface area contributed by atoms with Crippen LogP contribution < -0.4 is 5.73 Å². The van der Waals surface area contributed by atoms with E-state index in [1.54, 1.807) is 6.20 Å². The molecule has 2 aromatic heterocycles. The first kappa shape index (κ1) is 15.9. The lowest BCUT2D eigenvalue weighted by Gasteiger charge is -2.15. The summed E-state index contributed by atoms with van der Waals surface area (Å²) in [6.07, 6.45) is 2.89. The summed E-state index contributed by atoms with van der Waals surface area (Å²) < 4.78 is 1.93. The standard InChI is InChI=1S/C15H21N5.ClH/c1-11-14(10-19-8-6-13(16)9-19)12(2)20(18-11)15-5-3-4-7-17-15;/h3-5,7,13H,6,8-10,16H2,1-2H3;1H/t13-;/m0./s1. The first-order chi connectivity index (χ1) is 9.65. The summed E-state index contributed by atoms with van der Waals surface area (Å²) >= 11 is 0. The van der Waals surface area contributed by atoms with Gasteiger partial charge in [0, 0.05) is 43.1 Å². The first-order valence-electron chi connectivity index (χ1n) is 7.09. The molecule has 5 nitrogen and oxygen atoms in total. The van der Waals surface area contributed by atoms with Gasteiger partial charge in [-0.15, -0.1) is 12.4 Å². The molecule has 114 valence electrons. The van der Waals surface area contributed by atoms with Crippen molar-refractivity contribution in [3.8, 4) is 5.82 Å². The molecule has 1 aliphatic rings. The van der Waals surface area contributed by atoms with Crippen molar-refractivity contribution >= 4 is 12.4 Å². The highest BCUT2D eigenvalue weighted by atomic mass is 35.5. The third-order valence-corrected chi connectivity index (χ3v) is 4.00. The molecule has 0 aliphatic carbocycles. The molecule has 3 rings (SSSR count). The molecule has 1 aliphatic heterocycles. The van der Waals surface area contributed by atoms with Gasteiger partial charge < -0.3 is 5.73 Å². The van der Waals surface area contributed by atoms with Gasteiger partial charge in [0.25, 0.3) is 0 Å². The molecule has 0 saturated carbocycles. The minimum absolute atomic E-state index is 0. The van der Waals surface area contributed by atoms with Crippen LogP contribution >= 0.6 is 12.4 Å². The fourth-order valence-electron chi connectivity index (χ4n) is 2.84. The lowest BCUT2D eigenvalue weighted by molar-refractivity contribution is 0.325. The normalized spacial score (nSPS) is 18.7. The highest BCUT2D eigenvalue weighted by molar-refractivity contribution is 5.85. The molecule has 0 spiro atoms. The number of rotatable bonds is 3. The highest BCUT2D eigenvalue weighted by Crippen LogP contribution is 2.20. The van der Waals surface area contributed by atoms with E-state index in [4.69, 9.17) is 5.73 Å². The summed E-state index contributed by atoms with van der Waals surface area (Å²) in [5, 5.41) is 4.64. The number of nitrogens with two attached hydrogens (primary N) is 1. The van der Waals surface area contributed by atoms with Gasteiger partial charge in [-0.3, -0.25) is 4.90 Å². The molecule has 0 aromatic carbocycles. The second-order valence-corrected chi connectivity index (χ2v) is 5.53. The van der Waals surface area contributed by atoms with Crippen molar-refractivity contribution < 1.29 is 0 Å². The smallest absolute Gasteiger partial charge is 0.153 e. The molecule has 1 atom stereocenters. The Morgan fingerprint density at radius 2 is 2.14 bits per heavy atom. The Balaban J connectivity index is 0.00000161.